The molecule has 0 spiro atoms. The minimum Gasteiger partial charge on any atom is -0.486 e. The normalized spacial score (nSPS) is 12.5. The van der Waals surface area contributed by atoms with Crippen molar-refractivity contribution in [3.63, 3.8) is 0 Å². The fourth-order valence-electron chi connectivity index (χ4n) is 2.86. The lowest BCUT2D eigenvalue weighted by Crippen LogP contribution is -2.28. The van der Waals surface area contributed by atoms with Gasteiger partial charge in [-0.2, -0.15) is 5.10 Å². The minimum atomic E-state index is -0.312. The molecule has 1 aliphatic rings. The highest BCUT2D eigenvalue weighted by molar-refractivity contribution is 5.89. The van der Waals surface area contributed by atoms with E-state index >= 15 is 0 Å². The van der Waals surface area contributed by atoms with E-state index in [0.717, 1.165) is 16.8 Å². The molecular weight excluding hydrogens is 346 g/mol. The van der Waals surface area contributed by atoms with Crippen molar-refractivity contribution in [3.05, 3.63) is 54.5 Å². The van der Waals surface area contributed by atoms with Crippen molar-refractivity contribution in [2.45, 2.75) is 6.54 Å². The lowest BCUT2D eigenvalue weighted by Gasteiger charge is -2.19. The average Bonchev–Trinajstić information content (AvgIpc) is 3.13. The van der Waals surface area contributed by atoms with Gasteiger partial charge in [-0.1, -0.05) is 6.07 Å². The summed E-state index contributed by atoms with van der Waals surface area (Å²) in [6, 6.07) is 8.77. The number of benzene rings is 1. The maximum absolute atomic E-state index is 12.3. The fourth-order valence-corrected chi connectivity index (χ4v) is 2.86. The zero-order chi connectivity index (χ0) is 18.6. The van der Waals surface area contributed by atoms with Gasteiger partial charge < -0.3 is 20.1 Å². The maximum atomic E-state index is 12.3. The van der Waals surface area contributed by atoms with Crippen LogP contribution >= 0.6 is 0 Å². The number of rotatable bonds is 4. The van der Waals surface area contributed by atoms with Crippen LogP contribution in [-0.2, 0) is 13.6 Å². The highest BCUT2D eigenvalue weighted by Gasteiger charge is 2.13. The van der Waals surface area contributed by atoms with Crippen LogP contribution in [0, 0.1) is 0 Å². The van der Waals surface area contributed by atoms with Gasteiger partial charge in [0.15, 0.2) is 11.5 Å². The van der Waals surface area contributed by atoms with Gasteiger partial charge >= 0.3 is 6.03 Å². The highest BCUT2D eigenvalue weighted by atomic mass is 16.6. The predicted octanol–water partition coefficient (Wildman–Crippen LogP) is 2.58. The Balaban J connectivity index is 1.41. The quantitative estimate of drug-likeness (QED) is 0.742. The third-order valence-electron chi connectivity index (χ3n) is 4.11. The van der Waals surface area contributed by atoms with E-state index in [1.807, 2.05) is 25.4 Å². The number of nitrogens with one attached hydrogen (secondary N) is 2. The smallest absolute Gasteiger partial charge is 0.319 e. The Kier molecular flexibility index (Phi) is 4.61. The molecule has 0 bridgehead atoms. The second-order valence-electron chi connectivity index (χ2n) is 6.08. The summed E-state index contributed by atoms with van der Waals surface area (Å²) < 4.78 is 12.7. The third kappa shape index (κ3) is 3.84. The summed E-state index contributed by atoms with van der Waals surface area (Å²) in [4.78, 5) is 16.7. The monoisotopic (exact) mass is 365 g/mol. The largest absolute Gasteiger partial charge is 0.486 e. The molecule has 2 amide bonds. The molecular formula is C19H19N5O3. The van der Waals surface area contributed by atoms with Crippen LogP contribution in [0.2, 0.25) is 0 Å². The molecule has 0 aliphatic carbocycles. The first-order valence-corrected chi connectivity index (χ1v) is 8.56. The molecule has 0 radical (unpaired) electrons. The topological polar surface area (TPSA) is 90.3 Å². The maximum Gasteiger partial charge on any atom is 0.319 e. The lowest BCUT2D eigenvalue weighted by molar-refractivity contribution is 0.171. The molecule has 0 saturated heterocycles. The van der Waals surface area contributed by atoms with E-state index in [4.69, 9.17) is 9.47 Å². The van der Waals surface area contributed by atoms with E-state index in [9.17, 15) is 4.79 Å². The average molecular weight is 365 g/mol. The number of nitrogens with zero attached hydrogens (tertiary/aromatic N) is 3. The number of urea groups is 1. The molecule has 3 aromatic rings. The van der Waals surface area contributed by atoms with E-state index in [2.05, 4.69) is 20.7 Å². The Labute approximate surface area is 156 Å². The number of fused-ring (bicyclic) bond motifs is 1. The van der Waals surface area contributed by atoms with Gasteiger partial charge in [-0.15, -0.1) is 0 Å². The van der Waals surface area contributed by atoms with Crippen molar-refractivity contribution >= 4 is 11.7 Å². The van der Waals surface area contributed by atoms with Gasteiger partial charge in [-0.25, -0.2) is 4.79 Å². The molecule has 1 aromatic carbocycles. The van der Waals surface area contributed by atoms with Crippen molar-refractivity contribution < 1.29 is 14.3 Å². The number of hydrogen-bond donors (Lipinski definition) is 2. The van der Waals surface area contributed by atoms with Crippen LogP contribution in [0.5, 0.6) is 11.5 Å². The number of carbonyl (C=O) groups is 1. The molecule has 8 heteroatoms. The van der Waals surface area contributed by atoms with Gasteiger partial charge in [0.2, 0.25) is 0 Å². The van der Waals surface area contributed by atoms with Crippen LogP contribution in [0.1, 0.15) is 5.56 Å². The first-order chi connectivity index (χ1) is 13.2. The second-order valence-corrected chi connectivity index (χ2v) is 6.08. The van der Waals surface area contributed by atoms with E-state index in [-0.39, 0.29) is 6.03 Å². The standard InChI is InChI=1S/C19H19N5O3/c1-24-12-14(11-22-24)18-13(3-2-6-20-18)10-21-19(25)23-15-4-5-16-17(9-15)27-8-7-26-16/h2-6,9,11-12H,7-8,10H2,1H3,(H2,21,23,25). The number of amides is 2. The SMILES string of the molecule is Cn1cc(-c2ncccc2CNC(=O)Nc2ccc3c(c2)OCCO3)cn1. The molecule has 0 fully saturated rings. The molecule has 1 aliphatic heterocycles. The van der Waals surface area contributed by atoms with Crippen molar-refractivity contribution in [1.82, 2.24) is 20.1 Å². The van der Waals surface area contributed by atoms with E-state index in [1.165, 1.54) is 0 Å². The molecule has 3 heterocycles. The summed E-state index contributed by atoms with van der Waals surface area (Å²) in [5.74, 6) is 1.31. The number of aromatic nitrogens is 3. The van der Waals surface area contributed by atoms with Crippen molar-refractivity contribution in [2.24, 2.45) is 7.05 Å². The number of hydrogen-bond acceptors (Lipinski definition) is 5. The van der Waals surface area contributed by atoms with E-state index in [1.54, 1.807) is 35.3 Å². The van der Waals surface area contributed by atoms with Crippen LogP contribution in [0.4, 0.5) is 10.5 Å². The molecule has 138 valence electrons. The van der Waals surface area contributed by atoms with Gasteiger partial charge in [-0.3, -0.25) is 9.67 Å². The van der Waals surface area contributed by atoms with Gasteiger partial charge in [0.25, 0.3) is 0 Å². The van der Waals surface area contributed by atoms with Crippen molar-refractivity contribution in [2.75, 3.05) is 18.5 Å². The molecule has 0 atom stereocenters. The minimum absolute atomic E-state index is 0.312. The van der Waals surface area contributed by atoms with Gasteiger partial charge in [0, 0.05) is 43.3 Å². The number of aryl methyl sites for hydroxylation is 1. The Bertz CT molecular complexity index is 969. The Hall–Kier alpha value is -3.55. The highest BCUT2D eigenvalue weighted by Crippen LogP contribution is 2.32. The number of anilines is 1. The summed E-state index contributed by atoms with van der Waals surface area (Å²) in [5, 5.41) is 9.83. The number of pyridine rings is 1. The third-order valence-corrected chi connectivity index (χ3v) is 4.11. The van der Waals surface area contributed by atoms with Crippen LogP contribution in [0.15, 0.2) is 48.9 Å². The lowest BCUT2D eigenvalue weighted by atomic mass is 10.1. The van der Waals surface area contributed by atoms with Crippen molar-refractivity contribution in [3.8, 4) is 22.8 Å². The molecule has 0 saturated carbocycles. The van der Waals surface area contributed by atoms with Gasteiger partial charge in [0.1, 0.15) is 13.2 Å². The van der Waals surface area contributed by atoms with Crippen LogP contribution in [-0.4, -0.2) is 34.0 Å². The van der Waals surface area contributed by atoms with Crippen LogP contribution in [0.25, 0.3) is 11.3 Å². The van der Waals surface area contributed by atoms with Crippen LogP contribution in [0.3, 0.4) is 0 Å². The summed E-state index contributed by atoms with van der Waals surface area (Å²) in [7, 11) is 1.85. The fraction of sp³-hybridized carbons (Fsp3) is 0.211. The molecule has 8 nitrogen and oxygen atoms in total. The molecule has 2 N–H and O–H groups in total. The van der Waals surface area contributed by atoms with E-state index in [0.29, 0.717) is 36.9 Å². The Morgan fingerprint density at radius 3 is 2.89 bits per heavy atom. The summed E-state index contributed by atoms with van der Waals surface area (Å²) >= 11 is 0. The summed E-state index contributed by atoms with van der Waals surface area (Å²) in [5.41, 5.74) is 3.24. The van der Waals surface area contributed by atoms with Crippen molar-refractivity contribution in [1.29, 1.82) is 0 Å². The Morgan fingerprint density at radius 2 is 2.07 bits per heavy atom. The molecule has 27 heavy (non-hydrogen) atoms. The second kappa shape index (κ2) is 7.36. The summed E-state index contributed by atoms with van der Waals surface area (Å²) in [6.45, 7) is 1.37. The zero-order valence-electron chi connectivity index (χ0n) is 14.8. The van der Waals surface area contributed by atoms with E-state index < -0.39 is 0 Å². The first-order valence-electron chi connectivity index (χ1n) is 8.56. The molecule has 4 rings (SSSR count). The zero-order valence-corrected chi connectivity index (χ0v) is 14.8. The van der Waals surface area contributed by atoms with Crippen LogP contribution < -0.4 is 20.1 Å². The van der Waals surface area contributed by atoms with Gasteiger partial charge in [0.05, 0.1) is 11.9 Å². The molecule has 2 aromatic heterocycles. The predicted molar refractivity (Wildman–Crippen MR) is 99.7 cm³/mol. The number of ether oxygens (including phenoxy) is 2. The molecule has 0 unspecified atom stereocenters. The Morgan fingerprint density at radius 1 is 1.22 bits per heavy atom. The first kappa shape index (κ1) is 16.9. The van der Waals surface area contributed by atoms with Gasteiger partial charge in [-0.05, 0) is 23.8 Å². The number of carbonyl (C=O) groups excluding carboxylic acids is 1. The summed E-state index contributed by atoms with van der Waals surface area (Å²) in [6.07, 6.45) is 5.36.